The number of nitrogens with one attached hydrogen (secondary N) is 1. The Bertz CT molecular complexity index is 1630. The van der Waals surface area contributed by atoms with Gasteiger partial charge in [-0.2, -0.15) is 5.26 Å². The molecule has 5 heteroatoms. The molecule has 0 aliphatic carbocycles. The second-order valence-electron chi connectivity index (χ2n) is 17.5. The average Bonchev–Trinajstić information content (AvgIpc) is 3.38. The lowest BCUT2D eigenvalue weighted by Crippen LogP contribution is -2.29. The van der Waals surface area contributed by atoms with E-state index in [1.54, 1.807) is 0 Å². The highest BCUT2D eigenvalue weighted by Gasteiger charge is 2.42. The van der Waals surface area contributed by atoms with Crippen molar-refractivity contribution in [1.82, 2.24) is 0 Å². The molecule has 308 valence electrons. The van der Waals surface area contributed by atoms with Crippen LogP contribution in [-0.2, 0) is 15.6 Å². The van der Waals surface area contributed by atoms with Crippen LogP contribution >= 0.6 is 0 Å². The van der Waals surface area contributed by atoms with E-state index in [9.17, 15) is 10.1 Å². The van der Waals surface area contributed by atoms with Gasteiger partial charge in [-0.15, -0.1) is 0 Å². The number of aryl methyl sites for hydroxylation is 2. The molecule has 1 atom stereocenters. The summed E-state index contributed by atoms with van der Waals surface area (Å²) >= 11 is 0. The van der Waals surface area contributed by atoms with E-state index in [-0.39, 0.29) is 17.3 Å². The zero-order chi connectivity index (χ0) is 40.8. The van der Waals surface area contributed by atoms with Crippen molar-refractivity contribution in [3.8, 4) is 6.07 Å². The number of benzene rings is 2. The van der Waals surface area contributed by atoms with Crippen LogP contribution in [0, 0.1) is 25.2 Å². The molecule has 0 amide bonds. The molecule has 2 N–H and O–H groups in total. The number of rotatable bonds is 28. The van der Waals surface area contributed by atoms with Crippen molar-refractivity contribution in [1.29, 1.82) is 5.26 Å². The van der Waals surface area contributed by atoms with Gasteiger partial charge in [-0.1, -0.05) is 172 Å². The molecule has 1 aliphatic rings. The minimum Gasteiger partial charge on any atom is -0.481 e. The van der Waals surface area contributed by atoms with Crippen LogP contribution in [0.3, 0.4) is 0 Å². The lowest BCUT2D eigenvalue weighted by molar-refractivity contribution is -0.136. The molecular weight excluding hydrogens is 687 g/mol. The van der Waals surface area contributed by atoms with Crippen molar-refractivity contribution in [3.05, 3.63) is 94.2 Å². The van der Waals surface area contributed by atoms with Crippen molar-refractivity contribution in [2.75, 3.05) is 23.3 Å². The molecule has 0 aromatic heterocycles. The quantitative estimate of drug-likeness (QED) is 0.0513. The van der Waals surface area contributed by atoms with Gasteiger partial charge in [0.25, 0.3) is 0 Å². The van der Waals surface area contributed by atoms with Crippen LogP contribution in [0.5, 0.6) is 0 Å². The van der Waals surface area contributed by atoms with E-state index in [0.29, 0.717) is 12.1 Å². The second-order valence-corrected chi connectivity index (χ2v) is 17.5. The molecule has 5 nitrogen and oxygen atoms in total. The lowest BCUT2D eigenvalue weighted by Gasteiger charge is -2.30. The monoisotopic (exact) mass is 764 g/mol. The third-order valence-electron chi connectivity index (χ3n) is 11.9. The summed E-state index contributed by atoms with van der Waals surface area (Å²) in [5.41, 5.74) is 8.94. The SMILES string of the molecule is CCCCCCCCCCCCCCCCCCC1(C)\C(=C/C=C(C#N)/C=C/CC(C)(C)c2cc(C)ccc2NCCC(=O)O)N(CCC)c2ccc(C)cc21. The normalized spacial score (nSPS) is 16.5. The second kappa shape index (κ2) is 24.8. The Balaban J connectivity index is 1.64. The zero-order valence-electron chi connectivity index (χ0n) is 36.6. The zero-order valence-corrected chi connectivity index (χ0v) is 36.6. The summed E-state index contributed by atoms with van der Waals surface area (Å²) in [5, 5.41) is 22.7. The van der Waals surface area contributed by atoms with E-state index in [2.05, 4.69) is 107 Å². The van der Waals surface area contributed by atoms with Crippen molar-refractivity contribution in [2.45, 2.75) is 188 Å². The Labute approximate surface area is 342 Å². The van der Waals surface area contributed by atoms with Gasteiger partial charge in [-0.3, -0.25) is 4.79 Å². The summed E-state index contributed by atoms with van der Waals surface area (Å²) in [6, 6.07) is 15.7. The number of nitriles is 1. The fourth-order valence-corrected chi connectivity index (χ4v) is 8.49. The molecule has 0 fully saturated rings. The van der Waals surface area contributed by atoms with Gasteiger partial charge in [-0.25, -0.2) is 0 Å². The van der Waals surface area contributed by atoms with Crippen molar-refractivity contribution in [3.63, 3.8) is 0 Å². The summed E-state index contributed by atoms with van der Waals surface area (Å²) in [6.45, 7) is 17.0. The number of carbonyl (C=O) groups is 1. The van der Waals surface area contributed by atoms with Gasteiger partial charge in [0.1, 0.15) is 0 Å². The number of unbranched alkanes of at least 4 members (excludes halogenated alkanes) is 15. The predicted octanol–water partition coefficient (Wildman–Crippen LogP) is 14.6. The van der Waals surface area contributed by atoms with E-state index in [1.165, 1.54) is 125 Å². The summed E-state index contributed by atoms with van der Waals surface area (Å²) in [4.78, 5) is 13.6. The molecule has 1 unspecified atom stereocenters. The van der Waals surface area contributed by atoms with Gasteiger partial charge in [0, 0.05) is 35.6 Å². The van der Waals surface area contributed by atoms with Crippen LogP contribution in [0.25, 0.3) is 0 Å². The Morgan fingerprint density at radius 1 is 0.839 bits per heavy atom. The highest BCUT2D eigenvalue weighted by atomic mass is 16.4. The molecule has 0 spiro atoms. The van der Waals surface area contributed by atoms with E-state index >= 15 is 0 Å². The van der Waals surface area contributed by atoms with Gasteiger partial charge >= 0.3 is 5.97 Å². The average molecular weight is 764 g/mol. The van der Waals surface area contributed by atoms with Gasteiger partial charge in [0.05, 0.1) is 18.1 Å². The first-order chi connectivity index (χ1) is 27.0. The smallest absolute Gasteiger partial charge is 0.305 e. The molecule has 0 bridgehead atoms. The first-order valence-corrected chi connectivity index (χ1v) is 22.4. The van der Waals surface area contributed by atoms with Gasteiger partial charge < -0.3 is 15.3 Å². The van der Waals surface area contributed by atoms with Gasteiger partial charge in [0.15, 0.2) is 0 Å². The first-order valence-electron chi connectivity index (χ1n) is 22.4. The summed E-state index contributed by atoms with van der Waals surface area (Å²) in [7, 11) is 0. The Morgan fingerprint density at radius 2 is 1.41 bits per heavy atom. The fraction of sp³-hybridized carbons (Fsp3) is 0.608. The molecule has 2 aromatic rings. The summed E-state index contributed by atoms with van der Waals surface area (Å²) in [5.74, 6) is -0.811. The molecular formula is C51H77N3O2. The van der Waals surface area contributed by atoms with Crippen LogP contribution in [0.4, 0.5) is 11.4 Å². The van der Waals surface area contributed by atoms with Crippen molar-refractivity contribution < 1.29 is 9.90 Å². The number of carboxylic acids is 1. The highest BCUT2D eigenvalue weighted by Crippen LogP contribution is 2.51. The fourth-order valence-electron chi connectivity index (χ4n) is 8.49. The van der Waals surface area contributed by atoms with Crippen LogP contribution in [0.2, 0.25) is 0 Å². The van der Waals surface area contributed by atoms with E-state index in [0.717, 1.165) is 42.6 Å². The van der Waals surface area contributed by atoms with Crippen LogP contribution in [0.1, 0.15) is 185 Å². The molecule has 0 saturated heterocycles. The van der Waals surface area contributed by atoms with Crippen LogP contribution in [0.15, 0.2) is 72.0 Å². The molecule has 1 aliphatic heterocycles. The Kier molecular flexibility index (Phi) is 20.6. The Hall–Kier alpha value is -3.78. The number of hydrogen-bond donors (Lipinski definition) is 2. The third-order valence-corrected chi connectivity index (χ3v) is 11.9. The number of fused-ring (bicyclic) bond motifs is 1. The maximum Gasteiger partial charge on any atom is 0.305 e. The number of anilines is 2. The maximum atomic E-state index is 11.1. The van der Waals surface area contributed by atoms with Gasteiger partial charge in [0.2, 0.25) is 0 Å². The molecule has 0 saturated carbocycles. The van der Waals surface area contributed by atoms with Gasteiger partial charge in [-0.05, 0) is 86.9 Å². The van der Waals surface area contributed by atoms with E-state index in [4.69, 9.17) is 5.11 Å². The number of carboxylic acid groups (broad SMARTS) is 1. The van der Waals surface area contributed by atoms with E-state index in [1.807, 2.05) is 18.2 Å². The summed E-state index contributed by atoms with van der Waals surface area (Å²) in [6.07, 6.45) is 33.3. The topological polar surface area (TPSA) is 76.4 Å². The van der Waals surface area contributed by atoms with E-state index < -0.39 is 5.97 Å². The standard InChI is InChI=1S/C51H77N3O2/c1-8-10-11-12-13-14-15-16-17-18-19-20-21-22-23-24-35-51(7)45-39-42(4)28-31-47(45)54(37-9-2)48(51)32-29-43(40-52)26-25-34-50(5,6)44-38-41(3)27-30-46(44)53-36-33-49(55)56/h25-32,38-39,53H,8-24,33-37H2,1-7H3,(H,55,56)/b26-25+,43-29-,48-32+. The lowest BCUT2D eigenvalue weighted by atomic mass is 9.76. The van der Waals surface area contributed by atoms with Crippen LogP contribution < -0.4 is 10.2 Å². The Morgan fingerprint density at radius 3 is 1.98 bits per heavy atom. The number of allylic oxidation sites excluding steroid dienone is 6. The maximum absolute atomic E-state index is 11.1. The molecule has 3 rings (SSSR count). The molecule has 56 heavy (non-hydrogen) atoms. The number of nitrogens with zero attached hydrogens (tertiary/aromatic N) is 2. The summed E-state index contributed by atoms with van der Waals surface area (Å²) < 4.78 is 0. The minimum atomic E-state index is -0.811. The predicted molar refractivity (Wildman–Crippen MR) is 241 cm³/mol. The minimum absolute atomic E-state index is 0.0679. The van der Waals surface area contributed by atoms with Crippen molar-refractivity contribution >= 4 is 17.3 Å². The largest absolute Gasteiger partial charge is 0.481 e. The number of aliphatic carboxylic acids is 1. The highest BCUT2D eigenvalue weighted by molar-refractivity contribution is 5.72. The number of hydrogen-bond acceptors (Lipinski definition) is 4. The molecule has 1 heterocycles. The van der Waals surface area contributed by atoms with Crippen molar-refractivity contribution in [2.24, 2.45) is 0 Å². The molecule has 0 radical (unpaired) electrons. The first kappa shape index (κ1) is 46.6. The third kappa shape index (κ3) is 14.9. The van der Waals surface area contributed by atoms with Crippen LogP contribution in [-0.4, -0.2) is 24.2 Å². The molecule has 2 aromatic carbocycles.